The quantitative estimate of drug-likeness (QED) is 0.361. The average Bonchev–Trinajstić information content (AvgIpc) is 2.74. The molecule has 0 bridgehead atoms. The highest BCUT2D eigenvalue weighted by molar-refractivity contribution is 5.92. The van der Waals surface area contributed by atoms with E-state index in [0.29, 0.717) is 22.6 Å². The third kappa shape index (κ3) is 4.21. The number of esters is 1. The number of nitrogens with zero attached hydrogens (tertiary/aromatic N) is 3. The van der Waals surface area contributed by atoms with Crippen molar-refractivity contribution in [1.29, 1.82) is 0 Å². The molecule has 3 aromatic rings. The summed E-state index contributed by atoms with van der Waals surface area (Å²) in [6.45, 7) is 0. The van der Waals surface area contributed by atoms with Gasteiger partial charge in [-0.1, -0.05) is 0 Å². The number of nitro benzene ring substituents is 1. The van der Waals surface area contributed by atoms with E-state index in [-0.39, 0.29) is 17.3 Å². The van der Waals surface area contributed by atoms with Crippen molar-refractivity contribution < 1.29 is 23.9 Å². The number of carbonyl (C=O) groups excluding carboxylic acids is 1. The van der Waals surface area contributed by atoms with Crippen molar-refractivity contribution in [2.45, 2.75) is 0 Å². The predicted octanol–water partition coefficient (Wildman–Crippen LogP) is 3.64. The van der Waals surface area contributed by atoms with Gasteiger partial charge in [-0.25, -0.2) is 14.8 Å². The molecular formula is C19H15N3O6. The maximum atomic E-state index is 11.8. The third-order valence-electron chi connectivity index (χ3n) is 3.78. The summed E-state index contributed by atoms with van der Waals surface area (Å²) in [5.41, 5.74) is 0.711. The van der Waals surface area contributed by atoms with Gasteiger partial charge in [-0.15, -0.1) is 0 Å². The van der Waals surface area contributed by atoms with E-state index in [1.54, 1.807) is 31.4 Å². The lowest BCUT2D eigenvalue weighted by Gasteiger charge is -2.07. The van der Waals surface area contributed by atoms with Crippen LogP contribution in [0.4, 0.5) is 5.69 Å². The highest BCUT2D eigenvalue weighted by Gasteiger charge is 2.16. The van der Waals surface area contributed by atoms with Crippen LogP contribution in [0.25, 0.3) is 11.1 Å². The minimum atomic E-state index is -0.676. The van der Waals surface area contributed by atoms with Crippen LogP contribution in [0.3, 0.4) is 0 Å². The van der Waals surface area contributed by atoms with Crippen molar-refractivity contribution in [2.75, 3.05) is 14.2 Å². The Kier molecular flexibility index (Phi) is 5.45. The summed E-state index contributed by atoms with van der Waals surface area (Å²) in [5.74, 6) is 0.540. The van der Waals surface area contributed by atoms with Gasteiger partial charge in [-0.2, -0.15) is 0 Å². The van der Waals surface area contributed by atoms with Crippen LogP contribution in [0.15, 0.2) is 54.9 Å². The molecule has 9 nitrogen and oxygen atoms in total. The van der Waals surface area contributed by atoms with Crippen LogP contribution >= 0.6 is 0 Å². The minimum Gasteiger partial charge on any atom is -0.497 e. The Morgan fingerprint density at radius 1 is 0.964 bits per heavy atom. The normalized spacial score (nSPS) is 10.2. The van der Waals surface area contributed by atoms with E-state index < -0.39 is 10.9 Å². The minimum absolute atomic E-state index is 0.0604. The monoisotopic (exact) mass is 381 g/mol. The van der Waals surface area contributed by atoms with E-state index in [2.05, 4.69) is 14.7 Å². The maximum absolute atomic E-state index is 11.8. The molecule has 1 heterocycles. The Hall–Kier alpha value is -4.01. The van der Waals surface area contributed by atoms with Gasteiger partial charge in [0.05, 0.1) is 24.7 Å². The molecular weight excluding hydrogens is 366 g/mol. The molecule has 9 heteroatoms. The number of non-ortho nitro benzene ring substituents is 1. The fraction of sp³-hybridized carbons (Fsp3) is 0.105. The topological polar surface area (TPSA) is 114 Å². The third-order valence-corrected chi connectivity index (χ3v) is 3.78. The average molecular weight is 381 g/mol. The molecule has 0 saturated heterocycles. The van der Waals surface area contributed by atoms with E-state index in [9.17, 15) is 14.9 Å². The largest absolute Gasteiger partial charge is 0.497 e. The molecule has 0 aliphatic rings. The van der Waals surface area contributed by atoms with E-state index in [4.69, 9.17) is 9.47 Å². The van der Waals surface area contributed by atoms with Gasteiger partial charge in [-0.3, -0.25) is 10.1 Å². The number of ether oxygens (including phenoxy) is 3. The molecule has 0 aliphatic heterocycles. The smallest absolute Gasteiger partial charge is 0.338 e. The number of benzene rings is 2. The standard InChI is InChI=1S/C19H15N3O6/c1-26-16-3-5-17(6-4-16)28-19-20-10-14(11-21-19)12-7-13(18(23)27-2)9-15(8-12)22(24)25/h3-11H,1-2H3. The summed E-state index contributed by atoms with van der Waals surface area (Å²) in [7, 11) is 2.77. The summed E-state index contributed by atoms with van der Waals surface area (Å²) in [6.07, 6.45) is 2.90. The summed E-state index contributed by atoms with van der Waals surface area (Å²) in [6, 6.07) is 10.9. The number of hydrogen-bond donors (Lipinski definition) is 0. The van der Waals surface area contributed by atoms with Crippen LogP contribution < -0.4 is 9.47 Å². The van der Waals surface area contributed by atoms with Crippen LogP contribution in [0.5, 0.6) is 17.5 Å². The molecule has 0 aliphatic carbocycles. The Balaban J connectivity index is 1.86. The number of methoxy groups -OCH3 is 2. The molecule has 142 valence electrons. The lowest BCUT2D eigenvalue weighted by atomic mass is 10.0. The van der Waals surface area contributed by atoms with E-state index in [1.165, 1.54) is 31.6 Å². The van der Waals surface area contributed by atoms with Gasteiger partial charge in [0.15, 0.2) is 0 Å². The molecule has 0 radical (unpaired) electrons. The van der Waals surface area contributed by atoms with Gasteiger partial charge in [0.2, 0.25) is 0 Å². The van der Waals surface area contributed by atoms with Gasteiger partial charge < -0.3 is 14.2 Å². The zero-order chi connectivity index (χ0) is 20.1. The van der Waals surface area contributed by atoms with Crippen molar-refractivity contribution in [3.63, 3.8) is 0 Å². The Morgan fingerprint density at radius 2 is 1.61 bits per heavy atom. The van der Waals surface area contributed by atoms with Crippen LogP contribution in [0.2, 0.25) is 0 Å². The number of carbonyl (C=O) groups is 1. The van der Waals surface area contributed by atoms with E-state index in [1.807, 2.05) is 0 Å². The number of nitro groups is 1. The van der Waals surface area contributed by atoms with Crippen LogP contribution in [-0.4, -0.2) is 35.1 Å². The lowest BCUT2D eigenvalue weighted by Crippen LogP contribution is -2.03. The highest BCUT2D eigenvalue weighted by Crippen LogP contribution is 2.27. The van der Waals surface area contributed by atoms with Gasteiger partial charge in [-0.05, 0) is 35.9 Å². The summed E-state index contributed by atoms with van der Waals surface area (Å²) in [5, 5.41) is 11.1. The van der Waals surface area contributed by atoms with E-state index in [0.717, 1.165) is 6.07 Å². The van der Waals surface area contributed by atoms with Gasteiger partial charge in [0, 0.05) is 30.1 Å². The molecule has 0 spiro atoms. The molecule has 3 rings (SSSR count). The fourth-order valence-corrected chi connectivity index (χ4v) is 2.39. The van der Waals surface area contributed by atoms with Crippen molar-refractivity contribution in [3.8, 4) is 28.6 Å². The lowest BCUT2D eigenvalue weighted by molar-refractivity contribution is -0.384. The van der Waals surface area contributed by atoms with Gasteiger partial charge in [0.25, 0.3) is 5.69 Å². The number of aromatic nitrogens is 2. The molecule has 0 atom stereocenters. The Bertz CT molecular complexity index is 1000. The number of hydrogen-bond acceptors (Lipinski definition) is 8. The van der Waals surface area contributed by atoms with Crippen LogP contribution in [-0.2, 0) is 4.74 Å². The molecule has 0 fully saturated rings. The summed E-state index contributed by atoms with van der Waals surface area (Å²) in [4.78, 5) is 30.6. The molecule has 0 N–H and O–H groups in total. The van der Waals surface area contributed by atoms with E-state index >= 15 is 0 Å². The molecule has 0 unspecified atom stereocenters. The maximum Gasteiger partial charge on any atom is 0.338 e. The molecule has 0 saturated carbocycles. The first kappa shape index (κ1) is 18.8. The van der Waals surface area contributed by atoms with Gasteiger partial charge >= 0.3 is 12.0 Å². The van der Waals surface area contributed by atoms with Crippen LogP contribution in [0, 0.1) is 10.1 Å². The second kappa shape index (κ2) is 8.12. The Morgan fingerprint density at radius 3 is 2.18 bits per heavy atom. The van der Waals surface area contributed by atoms with Crippen molar-refractivity contribution >= 4 is 11.7 Å². The highest BCUT2D eigenvalue weighted by atomic mass is 16.6. The summed E-state index contributed by atoms with van der Waals surface area (Å²) >= 11 is 0. The molecule has 0 amide bonds. The molecule has 2 aromatic carbocycles. The van der Waals surface area contributed by atoms with Crippen molar-refractivity contribution in [3.05, 3.63) is 70.5 Å². The first-order chi connectivity index (χ1) is 13.5. The zero-order valence-electron chi connectivity index (χ0n) is 15.0. The van der Waals surface area contributed by atoms with Crippen molar-refractivity contribution in [1.82, 2.24) is 9.97 Å². The fourth-order valence-electron chi connectivity index (χ4n) is 2.39. The SMILES string of the molecule is COC(=O)c1cc(-c2cnc(Oc3ccc(OC)cc3)nc2)cc([N+](=O)[O-])c1. The van der Waals surface area contributed by atoms with Gasteiger partial charge in [0.1, 0.15) is 11.5 Å². The first-order valence-corrected chi connectivity index (χ1v) is 8.02. The molecule has 28 heavy (non-hydrogen) atoms. The Labute approximate surface area is 159 Å². The predicted molar refractivity (Wildman–Crippen MR) is 98.5 cm³/mol. The molecule has 1 aromatic heterocycles. The van der Waals surface area contributed by atoms with Crippen LogP contribution in [0.1, 0.15) is 10.4 Å². The summed E-state index contributed by atoms with van der Waals surface area (Å²) < 4.78 is 15.3. The zero-order valence-corrected chi connectivity index (χ0v) is 15.0. The van der Waals surface area contributed by atoms with Crippen molar-refractivity contribution in [2.24, 2.45) is 0 Å². The second-order valence-corrected chi connectivity index (χ2v) is 5.55. The number of rotatable bonds is 6. The first-order valence-electron chi connectivity index (χ1n) is 8.02. The second-order valence-electron chi connectivity index (χ2n) is 5.55.